The van der Waals surface area contributed by atoms with Crippen LogP contribution in [0.3, 0.4) is 0 Å². The van der Waals surface area contributed by atoms with E-state index in [1.54, 1.807) is 19.2 Å². The van der Waals surface area contributed by atoms with Crippen LogP contribution in [0.4, 0.5) is 15.9 Å². The molecule has 0 bridgehead atoms. The van der Waals surface area contributed by atoms with Gasteiger partial charge in [-0.05, 0) is 62.6 Å². The second kappa shape index (κ2) is 16.8. The van der Waals surface area contributed by atoms with Gasteiger partial charge in [0.15, 0.2) is 17.3 Å². The van der Waals surface area contributed by atoms with E-state index >= 15 is 0 Å². The van der Waals surface area contributed by atoms with E-state index in [2.05, 4.69) is 34.9 Å². The highest BCUT2D eigenvalue weighted by atomic mass is 35.5. The molecule has 1 aliphatic carbocycles. The second-order valence-corrected chi connectivity index (χ2v) is 10.3. The Bertz CT molecular complexity index is 1220. The van der Waals surface area contributed by atoms with Crippen molar-refractivity contribution in [2.45, 2.75) is 84.8 Å². The van der Waals surface area contributed by atoms with Crippen molar-refractivity contribution >= 4 is 39.9 Å². The SMILES string of the molecule is CC(N)=O.CCC[C@@H](O)CC.COc1cc2ncnc(Nc3cccc(Cl)c3F)c2cc1OC1CCC(C)CC1. The molecule has 0 aliphatic heterocycles. The number of hydrogen-bond donors (Lipinski definition) is 3. The van der Waals surface area contributed by atoms with Crippen molar-refractivity contribution < 1.29 is 23.8 Å². The topological polar surface area (TPSA) is 120 Å². The molecule has 0 spiro atoms. The average Bonchev–Trinajstić information content (AvgIpc) is 2.92. The number of aliphatic hydroxyl groups excluding tert-OH is 1. The highest BCUT2D eigenvalue weighted by Gasteiger charge is 2.22. The number of anilines is 2. The highest BCUT2D eigenvalue weighted by molar-refractivity contribution is 6.31. The Morgan fingerprint density at radius 1 is 1.20 bits per heavy atom. The second-order valence-electron chi connectivity index (χ2n) is 9.93. The summed E-state index contributed by atoms with van der Waals surface area (Å²) < 4.78 is 26.1. The lowest BCUT2D eigenvalue weighted by molar-refractivity contribution is -0.115. The van der Waals surface area contributed by atoms with E-state index in [9.17, 15) is 9.18 Å². The third-order valence-corrected chi connectivity index (χ3v) is 6.77. The minimum absolute atomic E-state index is 0.0468. The summed E-state index contributed by atoms with van der Waals surface area (Å²) in [6.07, 6.45) is 8.83. The van der Waals surface area contributed by atoms with E-state index < -0.39 is 5.82 Å². The number of halogens is 2. The smallest absolute Gasteiger partial charge is 0.214 e. The summed E-state index contributed by atoms with van der Waals surface area (Å²) in [6.45, 7) is 7.66. The molecule has 220 valence electrons. The molecular formula is C30H42ClFN4O4. The fraction of sp³-hybridized carbons (Fsp3) is 0.500. The number of rotatable bonds is 8. The zero-order valence-electron chi connectivity index (χ0n) is 24.0. The van der Waals surface area contributed by atoms with Crippen LogP contribution in [0.25, 0.3) is 10.9 Å². The van der Waals surface area contributed by atoms with Crippen LogP contribution >= 0.6 is 11.6 Å². The van der Waals surface area contributed by atoms with Crippen LogP contribution < -0.4 is 20.5 Å². The van der Waals surface area contributed by atoms with E-state index in [4.69, 9.17) is 26.2 Å². The molecule has 4 rings (SSSR count). The van der Waals surface area contributed by atoms with Gasteiger partial charge in [-0.2, -0.15) is 0 Å². The number of benzene rings is 2. The zero-order chi connectivity index (χ0) is 29.7. The molecule has 1 saturated carbocycles. The van der Waals surface area contributed by atoms with Crippen LogP contribution in [-0.4, -0.2) is 40.3 Å². The van der Waals surface area contributed by atoms with Crippen molar-refractivity contribution in [2.75, 3.05) is 12.4 Å². The number of nitrogens with one attached hydrogen (secondary N) is 1. The van der Waals surface area contributed by atoms with Gasteiger partial charge in [0.05, 0.1) is 35.5 Å². The van der Waals surface area contributed by atoms with E-state index in [1.807, 2.05) is 19.1 Å². The number of hydrogen-bond acceptors (Lipinski definition) is 7. The van der Waals surface area contributed by atoms with Gasteiger partial charge in [-0.15, -0.1) is 0 Å². The maximum atomic E-state index is 14.3. The van der Waals surface area contributed by atoms with Gasteiger partial charge in [0, 0.05) is 18.4 Å². The van der Waals surface area contributed by atoms with Crippen molar-refractivity contribution in [1.29, 1.82) is 0 Å². The maximum Gasteiger partial charge on any atom is 0.214 e. The van der Waals surface area contributed by atoms with E-state index in [1.165, 1.54) is 19.3 Å². The number of fused-ring (bicyclic) bond motifs is 1. The molecule has 40 heavy (non-hydrogen) atoms. The van der Waals surface area contributed by atoms with E-state index in [0.717, 1.165) is 50.9 Å². The van der Waals surface area contributed by atoms with E-state index in [0.29, 0.717) is 28.2 Å². The van der Waals surface area contributed by atoms with Crippen LogP contribution in [0.5, 0.6) is 11.5 Å². The monoisotopic (exact) mass is 576 g/mol. The Kier molecular flexibility index (Phi) is 13.9. The number of aliphatic hydroxyl groups is 1. The standard InChI is InChI=1S/C22H23ClFN3O2.C6H14O.C2H5NO/c1-13-6-8-14(9-7-13)29-20-10-15-18(11-19(20)28-2)25-12-26-22(15)27-17-5-3-4-16(23)21(17)24;1-3-5-6(7)4-2;1-2(3)4/h3-5,10-14H,6-9H2,1-2H3,(H,25,26,27);6-7H,3-5H2,1-2H3;1H3,(H2,3,4)/t;6-;/m.0./s1. The molecule has 0 saturated heterocycles. The lowest BCUT2D eigenvalue weighted by Gasteiger charge is -2.27. The number of methoxy groups -OCH3 is 1. The van der Waals surface area contributed by atoms with Gasteiger partial charge >= 0.3 is 0 Å². The number of nitrogens with zero attached hydrogens (tertiary/aromatic N) is 2. The Morgan fingerprint density at radius 2 is 1.88 bits per heavy atom. The Balaban J connectivity index is 0.000000434. The van der Waals surface area contributed by atoms with Gasteiger partial charge < -0.3 is 25.6 Å². The lowest BCUT2D eigenvalue weighted by Crippen LogP contribution is -2.23. The molecular weight excluding hydrogens is 535 g/mol. The van der Waals surface area contributed by atoms with Gasteiger partial charge in [0.2, 0.25) is 5.91 Å². The minimum atomic E-state index is -0.526. The third-order valence-electron chi connectivity index (χ3n) is 6.48. The van der Waals surface area contributed by atoms with Gasteiger partial charge in [0.25, 0.3) is 0 Å². The summed E-state index contributed by atoms with van der Waals surface area (Å²) in [7, 11) is 1.61. The molecule has 1 aromatic heterocycles. The molecule has 1 atom stereocenters. The number of amides is 1. The third kappa shape index (κ3) is 10.4. The Labute approximate surface area is 241 Å². The first-order chi connectivity index (χ1) is 19.1. The first-order valence-corrected chi connectivity index (χ1v) is 14.1. The van der Waals surface area contributed by atoms with Crippen molar-refractivity contribution in [2.24, 2.45) is 11.7 Å². The fourth-order valence-electron chi connectivity index (χ4n) is 4.21. The number of aromatic nitrogens is 2. The summed E-state index contributed by atoms with van der Waals surface area (Å²) in [5, 5.41) is 12.6. The predicted molar refractivity (Wildman–Crippen MR) is 159 cm³/mol. The largest absolute Gasteiger partial charge is 0.493 e. The molecule has 2 aromatic carbocycles. The van der Waals surface area contributed by atoms with Crippen LogP contribution in [-0.2, 0) is 4.79 Å². The van der Waals surface area contributed by atoms with Gasteiger partial charge in [-0.1, -0.05) is 44.9 Å². The molecule has 0 radical (unpaired) electrons. The summed E-state index contributed by atoms with van der Waals surface area (Å²) in [5.41, 5.74) is 5.39. The molecule has 4 N–H and O–H groups in total. The Hall–Kier alpha value is -3.17. The van der Waals surface area contributed by atoms with Gasteiger partial charge in [-0.25, -0.2) is 14.4 Å². The van der Waals surface area contributed by atoms with Crippen molar-refractivity contribution in [3.63, 3.8) is 0 Å². The van der Waals surface area contributed by atoms with Crippen molar-refractivity contribution in [1.82, 2.24) is 9.97 Å². The highest BCUT2D eigenvalue weighted by Crippen LogP contribution is 2.37. The van der Waals surface area contributed by atoms with Gasteiger partial charge in [-0.3, -0.25) is 4.79 Å². The lowest BCUT2D eigenvalue weighted by atomic mass is 9.89. The molecule has 1 fully saturated rings. The number of carbonyl (C=O) groups is 1. The van der Waals surface area contributed by atoms with Gasteiger partial charge in [0.1, 0.15) is 12.1 Å². The first-order valence-electron chi connectivity index (χ1n) is 13.7. The number of ether oxygens (including phenoxy) is 2. The zero-order valence-corrected chi connectivity index (χ0v) is 24.8. The fourth-order valence-corrected chi connectivity index (χ4v) is 4.38. The molecule has 0 unspecified atom stereocenters. The molecule has 1 heterocycles. The van der Waals surface area contributed by atoms with E-state index in [-0.39, 0.29) is 28.8 Å². The number of carbonyl (C=O) groups excluding carboxylic acids is 1. The molecule has 3 aromatic rings. The maximum absolute atomic E-state index is 14.3. The summed E-state index contributed by atoms with van der Waals surface area (Å²) >= 11 is 5.90. The normalized spacial score (nSPS) is 17.0. The van der Waals surface area contributed by atoms with Crippen molar-refractivity contribution in [3.8, 4) is 11.5 Å². The summed E-state index contributed by atoms with van der Waals surface area (Å²) in [6, 6.07) is 8.47. The summed E-state index contributed by atoms with van der Waals surface area (Å²) in [4.78, 5) is 17.8. The molecule has 10 heteroatoms. The van der Waals surface area contributed by atoms with Crippen LogP contribution in [0, 0.1) is 11.7 Å². The summed E-state index contributed by atoms with van der Waals surface area (Å²) in [5.74, 6) is 1.62. The van der Waals surface area contributed by atoms with Crippen molar-refractivity contribution in [3.05, 3.63) is 47.5 Å². The quantitative estimate of drug-likeness (QED) is 0.260. The molecule has 1 aliphatic rings. The van der Waals surface area contributed by atoms with Crippen LogP contribution in [0.15, 0.2) is 36.7 Å². The minimum Gasteiger partial charge on any atom is -0.493 e. The van der Waals surface area contributed by atoms with Crippen LogP contribution in [0.1, 0.15) is 72.6 Å². The molecule has 1 amide bonds. The average molecular weight is 577 g/mol. The first kappa shape index (κ1) is 33.0. The molecule has 8 nitrogen and oxygen atoms in total. The Morgan fingerprint density at radius 3 is 2.45 bits per heavy atom. The number of nitrogens with two attached hydrogens (primary N) is 1. The number of primary amides is 1. The van der Waals surface area contributed by atoms with Crippen LogP contribution in [0.2, 0.25) is 5.02 Å². The predicted octanol–water partition coefficient (Wildman–Crippen LogP) is 7.18.